The molecule has 0 aliphatic heterocycles. The topological polar surface area (TPSA) is 89.9 Å². The highest BCUT2D eigenvalue weighted by Gasteiger charge is 2.22. The first-order valence-electron chi connectivity index (χ1n) is 7.44. The third-order valence-corrected chi connectivity index (χ3v) is 4.06. The SMILES string of the molecule is C/C(=N/OC(=O)Nc1c(-c2c(Cl)cccc2Cl)noc1C)c1ccco1. The fourth-order valence-electron chi connectivity index (χ4n) is 2.18. The number of hydrogen-bond donors (Lipinski definition) is 1. The monoisotopic (exact) mass is 393 g/mol. The standard InChI is InChI=1S/C17H13Cl2N3O4/c1-9(13-7-4-8-24-13)21-26-17(23)20-15-10(2)25-22-16(15)14-11(18)5-3-6-12(14)19/h3-8H,1-2H3,(H,20,23)/b21-9-. The third-order valence-electron chi connectivity index (χ3n) is 3.43. The molecule has 0 saturated heterocycles. The second-order valence-corrected chi connectivity index (χ2v) is 6.03. The number of nitrogens with zero attached hydrogens (tertiary/aromatic N) is 2. The molecule has 0 aliphatic rings. The van der Waals surface area contributed by atoms with Gasteiger partial charge in [-0.1, -0.05) is 39.6 Å². The number of aromatic nitrogens is 1. The summed E-state index contributed by atoms with van der Waals surface area (Å²) in [5.41, 5.74) is 1.43. The number of oxime groups is 1. The maximum atomic E-state index is 12.1. The van der Waals surface area contributed by atoms with Gasteiger partial charge in [-0.05, 0) is 38.1 Å². The van der Waals surface area contributed by atoms with Gasteiger partial charge in [-0.25, -0.2) is 4.79 Å². The van der Waals surface area contributed by atoms with E-state index in [2.05, 4.69) is 15.6 Å². The van der Waals surface area contributed by atoms with Gasteiger partial charge in [-0.15, -0.1) is 0 Å². The molecule has 2 aromatic heterocycles. The molecule has 0 spiro atoms. The van der Waals surface area contributed by atoms with E-state index in [0.717, 1.165) is 0 Å². The first-order valence-corrected chi connectivity index (χ1v) is 8.20. The summed E-state index contributed by atoms with van der Waals surface area (Å²) in [6.07, 6.45) is 0.667. The van der Waals surface area contributed by atoms with Gasteiger partial charge in [0.2, 0.25) is 0 Å². The van der Waals surface area contributed by atoms with Crippen molar-refractivity contribution in [2.24, 2.45) is 5.16 Å². The number of benzene rings is 1. The van der Waals surface area contributed by atoms with E-state index in [9.17, 15) is 4.79 Å². The van der Waals surface area contributed by atoms with E-state index in [1.165, 1.54) is 6.26 Å². The molecule has 26 heavy (non-hydrogen) atoms. The molecule has 3 aromatic rings. The lowest BCUT2D eigenvalue weighted by atomic mass is 10.1. The molecule has 1 N–H and O–H groups in total. The average Bonchev–Trinajstić information content (AvgIpc) is 3.25. The predicted molar refractivity (Wildman–Crippen MR) is 97.7 cm³/mol. The van der Waals surface area contributed by atoms with Crippen molar-refractivity contribution in [2.45, 2.75) is 13.8 Å². The predicted octanol–water partition coefficient (Wildman–Crippen LogP) is 5.52. The van der Waals surface area contributed by atoms with E-state index in [4.69, 9.17) is 37.0 Å². The zero-order valence-electron chi connectivity index (χ0n) is 13.7. The Morgan fingerprint density at radius 2 is 1.96 bits per heavy atom. The summed E-state index contributed by atoms with van der Waals surface area (Å²) in [6, 6.07) is 8.42. The third kappa shape index (κ3) is 3.74. The van der Waals surface area contributed by atoms with Crippen molar-refractivity contribution in [3.05, 3.63) is 58.2 Å². The second-order valence-electron chi connectivity index (χ2n) is 5.22. The molecule has 1 amide bonds. The van der Waals surface area contributed by atoms with Gasteiger partial charge in [-0.2, -0.15) is 0 Å². The van der Waals surface area contributed by atoms with Gasteiger partial charge < -0.3 is 8.94 Å². The number of hydrogen-bond acceptors (Lipinski definition) is 6. The van der Waals surface area contributed by atoms with Crippen molar-refractivity contribution in [3.8, 4) is 11.3 Å². The molecule has 0 atom stereocenters. The summed E-state index contributed by atoms with van der Waals surface area (Å²) in [5, 5.41) is 10.9. The number of nitrogens with one attached hydrogen (secondary N) is 1. The number of anilines is 1. The molecule has 7 nitrogen and oxygen atoms in total. The molecule has 0 radical (unpaired) electrons. The van der Waals surface area contributed by atoms with Gasteiger partial charge >= 0.3 is 6.09 Å². The number of amides is 1. The Morgan fingerprint density at radius 1 is 1.23 bits per heavy atom. The number of furan rings is 1. The molecule has 0 aliphatic carbocycles. The molecule has 1 aromatic carbocycles. The molecule has 9 heteroatoms. The van der Waals surface area contributed by atoms with Crippen LogP contribution < -0.4 is 5.32 Å². The Labute approximate surface area is 158 Å². The van der Waals surface area contributed by atoms with Crippen LogP contribution >= 0.6 is 23.2 Å². The minimum absolute atomic E-state index is 0.288. The maximum Gasteiger partial charge on any atom is 0.438 e. The highest BCUT2D eigenvalue weighted by atomic mass is 35.5. The molecular formula is C17H13Cl2N3O4. The largest absolute Gasteiger partial charge is 0.463 e. The van der Waals surface area contributed by atoms with Gasteiger partial charge in [0.25, 0.3) is 0 Å². The summed E-state index contributed by atoms with van der Waals surface area (Å²) in [4.78, 5) is 16.9. The first kappa shape index (κ1) is 18.0. The molecule has 3 rings (SSSR count). The van der Waals surface area contributed by atoms with Crippen LogP contribution in [0.15, 0.2) is 50.7 Å². The van der Waals surface area contributed by atoms with Crippen LogP contribution in [0.3, 0.4) is 0 Å². The Kier molecular flexibility index (Phi) is 5.29. The molecule has 0 saturated carbocycles. The van der Waals surface area contributed by atoms with E-state index in [1.807, 2.05) is 0 Å². The van der Waals surface area contributed by atoms with Crippen LogP contribution in [-0.4, -0.2) is 17.0 Å². The second kappa shape index (κ2) is 7.63. The summed E-state index contributed by atoms with van der Waals surface area (Å²) in [6.45, 7) is 3.28. The van der Waals surface area contributed by atoms with Crippen molar-refractivity contribution in [3.63, 3.8) is 0 Å². The lowest BCUT2D eigenvalue weighted by molar-refractivity contribution is 0.166. The van der Waals surface area contributed by atoms with Crippen LogP contribution in [0.1, 0.15) is 18.4 Å². The van der Waals surface area contributed by atoms with Gasteiger partial charge in [0.05, 0.1) is 16.3 Å². The first-order chi connectivity index (χ1) is 12.5. The highest BCUT2D eigenvalue weighted by molar-refractivity contribution is 6.39. The van der Waals surface area contributed by atoms with Crippen molar-refractivity contribution in [2.75, 3.05) is 5.32 Å². The Bertz CT molecular complexity index is 944. The Hall–Kier alpha value is -2.77. The molecular weight excluding hydrogens is 381 g/mol. The molecule has 0 bridgehead atoms. The smallest absolute Gasteiger partial charge is 0.438 e. The van der Waals surface area contributed by atoms with E-state index < -0.39 is 6.09 Å². The zero-order valence-corrected chi connectivity index (χ0v) is 15.3. The maximum absolute atomic E-state index is 12.1. The minimum atomic E-state index is -0.827. The van der Waals surface area contributed by atoms with Gasteiger partial charge in [0.15, 0.2) is 11.5 Å². The average molecular weight is 394 g/mol. The summed E-state index contributed by atoms with van der Waals surface area (Å²) >= 11 is 12.4. The van der Waals surface area contributed by atoms with Crippen LogP contribution in [0.2, 0.25) is 10.0 Å². The molecule has 0 fully saturated rings. The Balaban J connectivity index is 1.82. The highest BCUT2D eigenvalue weighted by Crippen LogP contribution is 2.39. The van der Waals surface area contributed by atoms with Crippen molar-refractivity contribution in [1.29, 1.82) is 0 Å². The number of aryl methyl sites for hydroxylation is 1. The quantitative estimate of drug-likeness (QED) is 0.357. The molecule has 134 valence electrons. The normalized spacial score (nSPS) is 11.5. The van der Waals surface area contributed by atoms with E-state index in [1.54, 1.807) is 44.2 Å². The lowest BCUT2D eigenvalue weighted by Gasteiger charge is -2.07. The fourth-order valence-corrected chi connectivity index (χ4v) is 2.75. The van der Waals surface area contributed by atoms with Gasteiger partial charge in [0, 0.05) is 5.56 Å². The summed E-state index contributed by atoms with van der Waals surface area (Å²) < 4.78 is 10.3. The van der Waals surface area contributed by atoms with E-state index in [0.29, 0.717) is 38.5 Å². The fraction of sp³-hybridized carbons (Fsp3) is 0.118. The number of halogens is 2. The van der Waals surface area contributed by atoms with Crippen molar-refractivity contribution >= 4 is 40.7 Å². The van der Waals surface area contributed by atoms with Crippen molar-refractivity contribution < 1.29 is 18.6 Å². The lowest BCUT2D eigenvalue weighted by Crippen LogP contribution is -2.13. The van der Waals surface area contributed by atoms with Crippen LogP contribution in [0.4, 0.5) is 10.5 Å². The summed E-state index contributed by atoms with van der Waals surface area (Å²) in [7, 11) is 0. The zero-order chi connectivity index (χ0) is 18.7. The van der Waals surface area contributed by atoms with E-state index in [-0.39, 0.29) is 5.69 Å². The minimum Gasteiger partial charge on any atom is -0.463 e. The Morgan fingerprint density at radius 3 is 2.62 bits per heavy atom. The number of rotatable bonds is 4. The molecule has 2 heterocycles. The molecule has 0 unspecified atom stereocenters. The van der Waals surface area contributed by atoms with Crippen LogP contribution in [0.25, 0.3) is 11.3 Å². The number of carbonyl (C=O) groups excluding carboxylic acids is 1. The van der Waals surface area contributed by atoms with Crippen molar-refractivity contribution in [1.82, 2.24) is 5.16 Å². The van der Waals surface area contributed by atoms with Crippen LogP contribution in [-0.2, 0) is 4.84 Å². The van der Waals surface area contributed by atoms with Gasteiger partial charge in [0.1, 0.15) is 17.1 Å². The summed E-state index contributed by atoms with van der Waals surface area (Å²) in [5.74, 6) is 0.849. The van der Waals surface area contributed by atoms with E-state index >= 15 is 0 Å². The van der Waals surface area contributed by atoms with Crippen LogP contribution in [0.5, 0.6) is 0 Å². The number of carbonyl (C=O) groups is 1. The van der Waals surface area contributed by atoms with Crippen LogP contribution in [0, 0.1) is 6.92 Å². The van der Waals surface area contributed by atoms with Gasteiger partial charge in [-0.3, -0.25) is 10.2 Å².